The number of esters is 1. The van der Waals surface area contributed by atoms with Crippen LogP contribution in [0.2, 0.25) is 0 Å². The minimum Gasteiger partial charge on any atom is -0.482 e. The maximum atomic E-state index is 11.5. The van der Waals surface area contributed by atoms with Gasteiger partial charge in [-0.15, -0.1) is 0 Å². The molecular weight excluding hydrogens is 276 g/mol. The van der Waals surface area contributed by atoms with Crippen molar-refractivity contribution in [3.05, 3.63) is 29.3 Å². The second-order valence-electron chi connectivity index (χ2n) is 4.60. The molecule has 3 N–H and O–H groups in total. The molecule has 0 bridgehead atoms. The number of hydrogen-bond donors (Lipinski definition) is 2. The van der Waals surface area contributed by atoms with Crippen molar-refractivity contribution < 1.29 is 23.9 Å². The Kier molecular flexibility index (Phi) is 5.71. The number of hydrogen-bond acceptors (Lipinski definition) is 5. The van der Waals surface area contributed by atoms with Crippen LogP contribution in [0.25, 0.3) is 0 Å². The van der Waals surface area contributed by atoms with Crippen LogP contribution in [0, 0.1) is 13.8 Å². The number of carbonyl (C=O) groups is 3. The first-order chi connectivity index (χ1) is 9.77. The molecule has 1 aromatic rings. The molecule has 7 nitrogen and oxygen atoms in total. The summed E-state index contributed by atoms with van der Waals surface area (Å²) in [6, 6.07) is 4.53. The first kappa shape index (κ1) is 16.5. The molecule has 0 saturated carbocycles. The molecule has 3 amide bonds. The number of urea groups is 1. The number of nitrogens with two attached hydrogens (primary N) is 1. The number of nitrogens with one attached hydrogen (secondary N) is 1. The van der Waals surface area contributed by atoms with E-state index in [4.69, 9.17) is 15.2 Å². The van der Waals surface area contributed by atoms with E-state index in [9.17, 15) is 14.4 Å². The van der Waals surface area contributed by atoms with Gasteiger partial charge in [0, 0.05) is 0 Å². The van der Waals surface area contributed by atoms with Crippen LogP contribution in [0.15, 0.2) is 18.2 Å². The smallest absolute Gasteiger partial charge is 0.344 e. The number of carbonyl (C=O) groups excluding carboxylic acids is 3. The highest BCUT2D eigenvalue weighted by Crippen LogP contribution is 2.16. The molecule has 0 aliphatic carbocycles. The minimum absolute atomic E-state index is 0.336. The fourth-order valence-corrected chi connectivity index (χ4v) is 1.67. The van der Waals surface area contributed by atoms with Crippen LogP contribution >= 0.6 is 0 Å². The SMILES string of the molecule is Cc1cc(C)cc(OCC(=O)O[C@H](C)C(=O)NC(N)=O)c1. The number of aryl methyl sites for hydroxylation is 2. The van der Waals surface area contributed by atoms with Crippen LogP contribution in [0.4, 0.5) is 4.79 Å². The fraction of sp³-hybridized carbons (Fsp3) is 0.357. The lowest BCUT2D eigenvalue weighted by molar-refractivity contribution is -0.156. The highest BCUT2D eigenvalue weighted by atomic mass is 16.6. The van der Waals surface area contributed by atoms with Gasteiger partial charge in [-0.1, -0.05) is 6.07 Å². The Labute approximate surface area is 122 Å². The molecule has 0 radical (unpaired) electrons. The number of primary amides is 1. The predicted octanol–water partition coefficient (Wildman–Crippen LogP) is 0.809. The normalized spacial score (nSPS) is 11.4. The third-order valence-corrected chi connectivity index (χ3v) is 2.48. The Bertz CT molecular complexity index is 536. The minimum atomic E-state index is -1.13. The van der Waals surface area contributed by atoms with E-state index in [1.165, 1.54) is 6.92 Å². The maximum absolute atomic E-state index is 11.5. The zero-order chi connectivity index (χ0) is 16.0. The zero-order valence-electron chi connectivity index (χ0n) is 12.1. The lowest BCUT2D eigenvalue weighted by Gasteiger charge is -2.13. The van der Waals surface area contributed by atoms with Crippen LogP contribution in [0.5, 0.6) is 5.75 Å². The second kappa shape index (κ2) is 7.28. The average Bonchev–Trinajstić information content (AvgIpc) is 2.34. The van der Waals surface area contributed by atoms with E-state index >= 15 is 0 Å². The number of amides is 3. The standard InChI is InChI=1S/C14H18N2O5/c1-8-4-9(2)6-11(5-8)20-7-12(17)21-10(3)13(18)16-14(15)19/h4-6,10H,7H2,1-3H3,(H3,15,16,18,19)/t10-/m1/s1. The summed E-state index contributed by atoms with van der Waals surface area (Å²) in [5.74, 6) is -0.970. The summed E-state index contributed by atoms with van der Waals surface area (Å²) in [5, 5.41) is 1.82. The molecular formula is C14H18N2O5. The van der Waals surface area contributed by atoms with Crippen molar-refractivity contribution in [3.63, 3.8) is 0 Å². The van der Waals surface area contributed by atoms with Gasteiger partial charge < -0.3 is 15.2 Å². The third kappa shape index (κ3) is 5.94. The molecule has 1 atom stereocenters. The zero-order valence-corrected chi connectivity index (χ0v) is 12.1. The summed E-state index contributed by atoms with van der Waals surface area (Å²) in [5.41, 5.74) is 6.80. The molecule has 114 valence electrons. The monoisotopic (exact) mass is 294 g/mol. The number of rotatable bonds is 5. The predicted molar refractivity (Wildman–Crippen MR) is 74.7 cm³/mol. The number of ether oxygens (including phenoxy) is 2. The van der Waals surface area contributed by atoms with E-state index in [2.05, 4.69) is 0 Å². The molecule has 0 aliphatic rings. The molecule has 0 aromatic heterocycles. The Hall–Kier alpha value is -2.57. The van der Waals surface area contributed by atoms with Crippen LogP contribution in [-0.2, 0) is 14.3 Å². The van der Waals surface area contributed by atoms with Crippen molar-refractivity contribution in [2.24, 2.45) is 5.73 Å². The van der Waals surface area contributed by atoms with Crippen molar-refractivity contribution in [1.29, 1.82) is 0 Å². The van der Waals surface area contributed by atoms with E-state index in [1.54, 1.807) is 12.1 Å². The summed E-state index contributed by atoms with van der Waals surface area (Å²) >= 11 is 0. The van der Waals surface area contributed by atoms with Gasteiger partial charge in [-0.05, 0) is 44.0 Å². The quantitative estimate of drug-likeness (QED) is 0.781. The van der Waals surface area contributed by atoms with Crippen molar-refractivity contribution in [2.75, 3.05) is 6.61 Å². The Morgan fingerprint density at radius 3 is 2.29 bits per heavy atom. The highest BCUT2D eigenvalue weighted by molar-refractivity contribution is 5.96. The topological polar surface area (TPSA) is 108 Å². The fourth-order valence-electron chi connectivity index (χ4n) is 1.67. The molecule has 0 heterocycles. The van der Waals surface area contributed by atoms with E-state index in [0.29, 0.717) is 5.75 Å². The summed E-state index contributed by atoms with van der Waals surface area (Å²) in [6.45, 7) is 4.81. The Morgan fingerprint density at radius 2 is 1.76 bits per heavy atom. The van der Waals surface area contributed by atoms with E-state index in [0.717, 1.165) is 11.1 Å². The summed E-state index contributed by atoms with van der Waals surface area (Å²) < 4.78 is 10.1. The van der Waals surface area contributed by atoms with Gasteiger partial charge in [-0.3, -0.25) is 10.1 Å². The van der Waals surface area contributed by atoms with Gasteiger partial charge in [0.05, 0.1) is 0 Å². The molecule has 0 fully saturated rings. The molecule has 1 rings (SSSR count). The van der Waals surface area contributed by atoms with Crippen molar-refractivity contribution in [1.82, 2.24) is 5.32 Å². The van der Waals surface area contributed by atoms with Crippen LogP contribution < -0.4 is 15.8 Å². The lowest BCUT2D eigenvalue weighted by atomic mass is 10.1. The van der Waals surface area contributed by atoms with Crippen molar-refractivity contribution in [2.45, 2.75) is 26.9 Å². The molecule has 0 unspecified atom stereocenters. The molecule has 1 aromatic carbocycles. The van der Waals surface area contributed by atoms with Crippen molar-refractivity contribution in [3.8, 4) is 5.75 Å². The summed E-state index contributed by atoms with van der Waals surface area (Å²) in [6.07, 6.45) is -1.13. The number of imide groups is 1. The number of benzene rings is 1. The van der Waals surface area contributed by atoms with Gasteiger partial charge in [-0.2, -0.15) is 0 Å². The largest absolute Gasteiger partial charge is 0.482 e. The summed E-state index contributed by atoms with van der Waals surface area (Å²) in [7, 11) is 0. The highest BCUT2D eigenvalue weighted by Gasteiger charge is 2.19. The van der Waals surface area contributed by atoms with E-state index in [1.807, 2.05) is 25.2 Å². The van der Waals surface area contributed by atoms with Gasteiger partial charge >= 0.3 is 12.0 Å². The van der Waals surface area contributed by atoms with Crippen molar-refractivity contribution >= 4 is 17.9 Å². The van der Waals surface area contributed by atoms with Gasteiger partial charge in [0.1, 0.15) is 5.75 Å². The van der Waals surface area contributed by atoms with Crippen LogP contribution in [0.1, 0.15) is 18.1 Å². The van der Waals surface area contributed by atoms with Gasteiger partial charge in [-0.25, -0.2) is 9.59 Å². The second-order valence-corrected chi connectivity index (χ2v) is 4.60. The molecule has 0 saturated heterocycles. The van der Waals surface area contributed by atoms with E-state index < -0.39 is 24.0 Å². The molecule has 0 aliphatic heterocycles. The first-order valence-electron chi connectivity index (χ1n) is 6.29. The Balaban J connectivity index is 2.47. The van der Waals surface area contributed by atoms with E-state index in [-0.39, 0.29) is 6.61 Å². The molecule has 21 heavy (non-hydrogen) atoms. The summed E-state index contributed by atoms with van der Waals surface area (Å²) in [4.78, 5) is 33.4. The molecule has 7 heteroatoms. The maximum Gasteiger partial charge on any atom is 0.344 e. The van der Waals surface area contributed by atoms with Gasteiger partial charge in [0.25, 0.3) is 5.91 Å². The first-order valence-corrected chi connectivity index (χ1v) is 6.29. The molecule has 0 spiro atoms. The Morgan fingerprint density at radius 1 is 1.19 bits per heavy atom. The average molecular weight is 294 g/mol. The van der Waals surface area contributed by atoms with Gasteiger partial charge in [0.15, 0.2) is 12.7 Å². The lowest BCUT2D eigenvalue weighted by Crippen LogP contribution is -2.42. The third-order valence-electron chi connectivity index (χ3n) is 2.48. The van der Waals surface area contributed by atoms with Crippen LogP contribution in [0.3, 0.4) is 0 Å². The van der Waals surface area contributed by atoms with Gasteiger partial charge in [0.2, 0.25) is 0 Å². The van der Waals surface area contributed by atoms with Crippen LogP contribution in [-0.4, -0.2) is 30.6 Å².